The predicted octanol–water partition coefficient (Wildman–Crippen LogP) is 1.07. The number of pyridine rings is 1. The molecule has 2 aromatic rings. The van der Waals surface area contributed by atoms with Crippen LogP contribution in [0.3, 0.4) is 0 Å². The molecule has 3 rings (SSSR count). The predicted molar refractivity (Wildman–Crippen MR) is 70.3 cm³/mol. The van der Waals surface area contributed by atoms with E-state index in [2.05, 4.69) is 10.2 Å². The summed E-state index contributed by atoms with van der Waals surface area (Å²) in [5, 5.41) is 16.3. The maximum atomic E-state index is 12.2. The minimum absolute atomic E-state index is 0.0247. The van der Waals surface area contributed by atoms with Crippen LogP contribution >= 0.6 is 0 Å². The lowest BCUT2D eigenvalue weighted by molar-refractivity contribution is 0.0688. The number of aromatic nitrogens is 3. The number of fused-ring (bicyclic) bond motifs is 1. The molecular weight excluding hydrogens is 282 g/mol. The smallest absolute Gasteiger partial charge is 0.352 e. The first-order valence-corrected chi connectivity index (χ1v) is 8.01. The minimum Gasteiger partial charge on any atom is -0.477 e. The monoisotopic (exact) mass is 295 g/mol. The number of aromatic carboxylic acids is 1. The quantitative estimate of drug-likeness (QED) is 0.889. The van der Waals surface area contributed by atoms with Crippen LogP contribution in [0.25, 0.3) is 5.65 Å². The molecule has 1 aliphatic rings. The number of nitrogens with zero attached hydrogens (tertiary/aromatic N) is 3. The second kappa shape index (κ2) is 4.55. The van der Waals surface area contributed by atoms with Gasteiger partial charge < -0.3 is 5.11 Å². The highest BCUT2D eigenvalue weighted by Gasteiger charge is 2.34. The number of rotatable bonds is 2. The molecule has 0 spiro atoms. The fourth-order valence-electron chi connectivity index (χ4n) is 2.58. The van der Waals surface area contributed by atoms with Crippen LogP contribution in [-0.4, -0.2) is 39.8 Å². The Labute approximate surface area is 115 Å². The zero-order chi connectivity index (χ0) is 14.3. The highest BCUT2D eigenvalue weighted by molar-refractivity contribution is 7.91. The summed E-state index contributed by atoms with van der Waals surface area (Å²) in [7, 11) is -3.30. The van der Waals surface area contributed by atoms with Crippen LogP contribution < -0.4 is 0 Å². The molecule has 1 fully saturated rings. The zero-order valence-corrected chi connectivity index (χ0v) is 11.4. The summed E-state index contributed by atoms with van der Waals surface area (Å²) >= 11 is 0. The molecule has 7 nitrogen and oxygen atoms in total. The number of hydrogen-bond acceptors (Lipinski definition) is 5. The van der Waals surface area contributed by atoms with E-state index in [-0.39, 0.29) is 17.3 Å². The summed E-state index contributed by atoms with van der Waals surface area (Å²) < 4.78 is 25.7. The lowest BCUT2D eigenvalue weighted by Crippen LogP contribution is -2.24. The van der Waals surface area contributed by atoms with Crippen molar-refractivity contribution in [1.82, 2.24) is 14.6 Å². The first-order chi connectivity index (χ1) is 9.50. The molecule has 1 unspecified atom stereocenters. The summed E-state index contributed by atoms with van der Waals surface area (Å²) in [4.78, 5) is 11.3. The summed E-state index contributed by atoms with van der Waals surface area (Å²) in [6, 6.07) is 4.59. The molecule has 2 aromatic heterocycles. The van der Waals surface area contributed by atoms with Crippen LogP contribution in [0.2, 0.25) is 0 Å². The van der Waals surface area contributed by atoms with Gasteiger partial charge in [0.1, 0.15) is 10.9 Å². The molecule has 0 aliphatic carbocycles. The van der Waals surface area contributed by atoms with Crippen molar-refractivity contribution < 1.29 is 18.3 Å². The van der Waals surface area contributed by atoms with E-state index in [1.807, 2.05) is 0 Å². The van der Waals surface area contributed by atoms with E-state index < -0.39 is 21.1 Å². The van der Waals surface area contributed by atoms with Crippen molar-refractivity contribution in [2.75, 3.05) is 5.75 Å². The van der Waals surface area contributed by atoms with Crippen LogP contribution in [0.4, 0.5) is 0 Å². The van der Waals surface area contributed by atoms with Crippen LogP contribution in [0.1, 0.15) is 40.8 Å². The van der Waals surface area contributed by atoms with Gasteiger partial charge in [0.2, 0.25) is 0 Å². The fraction of sp³-hybridized carbons (Fsp3) is 0.417. The Bertz CT molecular complexity index is 781. The number of carboxylic acid groups (broad SMARTS) is 1. The molecule has 20 heavy (non-hydrogen) atoms. The Balaban J connectivity index is 2.24. The zero-order valence-electron chi connectivity index (χ0n) is 10.6. The molecule has 106 valence electrons. The van der Waals surface area contributed by atoms with Gasteiger partial charge in [-0.3, -0.25) is 4.40 Å². The van der Waals surface area contributed by atoms with E-state index in [0.717, 1.165) is 6.42 Å². The first kappa shape index (κ1) is 13.0. The average molecular weight is 295 g/mol. The van der Waals surface area contributed by atoms with E-state index in [1.165, 1.54) is 10.5 Å². The van der Waals surface area contributed by atoms with Crippen molar-refractivity contribution in [3.05, 3.63) is 29.7 Å². The van der Waals surface area contributed by atoms with Gasteiger partial charge in [-0.15, -0.1) is 10.2 Å². The van der Waals surface area contributed by atoms with Crippen LogP contribution in [0, 0.1) is 0 Å². The molecule has 0 aromatic carbocycles. The van der Waals surface area contributed by atoms with Crippen LogP contribution in [0.15, 0.2) is 18.2 Å². The molecule has 1 N–H and O–H groups in total. The highest BCUT2D eigenvalue weighted by Crippen LogP contribution is 2.32. The molecular formula is C12H13N3O4S. The van der Waals surface area contributed by atoms with E-state index in [1.54, 1.807) is 12.1 Å². The average Bonchev–Trinajstić information content (AvgIpc) is 2.81. The maximum absolute atomic E-state index is 12.2. The lowest BCUT2D eigenvalue weighted by atomic mass is 10.2. The van der Waals surface area contributed by atoms with Gasteiger partial charge in [-0.05, 0) is 25.0 Å². The topological polar surface area (TPSA) is 102 Å². The molecule has 1 atom stereocenters. The van der Waals surface area contributed by atoms with Crippen molar-refractivity contribution >= 4 is 21.5 Å². The summed E-state index contributed by atoms with van der Waals surface area (Å²) in [5.74, 6) is -0.815. The van der Waals surface area contributed by atoms with E-state index >= 15 is 0 Å². The van der Waals surface area contributed by atoms with Crippen molar-refractivity contribution in [1.29, 1.82) is 0 Å². The molecule has 3 heterocycles. The lowest BCUT2D eigenvalue weighted by Gasteiger charge is -2.21. The van der Waals surface area contributed by atoms with E-state index in [9.17, 15) is 18.3 Å². The molecule has 1 aliphatic heterocycles. The van der Waals surface area contributed by atoms with Crippen molar-refractivity contribution in [2.24, 2.45) is 0 Å². The second-order valence-corrected chi connectivity index (χ2v) is 7.12. The highest BCUT2D eigenvalue weighted by atomic mass is 32.2. The van der Waals surface area contributed by atoms with Crippen molar-refractivity contribution in [3.63, 3.8) is 0 Å². The Kier molecular flexibility index (Phi) is 2.97. The standard InChI is InChI=1S/C12H13N3O4S/c16-12(17)8-4-3-6-10-13-14-11(15(8)10)9-5-1-2-7-20(9,18)19/h3-4,6,9H,1-2,5,7H2,(H,16,17). The summed E-state index contributed by atoms with van der Waals surface area (Å²) in [6.45, 7) is 0. The van der Waals surface area contributed by atoms with Gasteiger partial charge in [-0.2, -0.15) is 0 Å². The largest absolute Gasteiger partial charge is 0.477 e. The van der Waals surface area contributed by atoms with Crippen molar-refractivity contribution in [2.45, 2.75) is 24.5 Å². The van der Waals surface area contributed by atoms with Gasteiger partial charge in [0, 0.05) is 0 Å². The third-order valence-electron chi connectivity index (χ3n) is 3.54. The second-order valence-electron chi connectivity index (χ2n) is 4.82. The normalized spacial score (nSPS) is 21.9. The fourth-order valence-corrected chi connectivity index (χ4v) is 4.47. The number of carbonyl (C=O) groups is 1. The minimum atomic E-state index is -3.30. The maximum Gasteiger partial charge on any atom is 0.352 e. The number of hydrogen-bond donors (Lipinski definition) is 1. The van der Waals surface area contributed by atoms with Gasteiger partial charge in [-0.1, -0.05) is 12.5 Å². The van der Waals surface area contributed by atoms with E-state index in [0.29, 0.717) is 18.5 Å². The Morgan fingerprint density at radius 2 is 2.10 bits per heavy atom. The molecule has 8 heteroatoms. The molecule has 0 radical (unpaired) electrons. The number of sulfone groups is 1. The number of carboxylic acids is 1. The van der Waals surface area contributed by atoms with Crippen molar-refractivity contribution in [3.8, 4) is 0 Å². The Hall–Kier alpha value is -1.96. The Morgan fingerprint density at radius 3 is 2.80 bits per heavy atom. The van der Waals surface area contributed by atoms with Crippen LogP contribution in [0.5, 0.6) is 0 Å². The van der Waals surface area contributed by atoms with E-state index in [4.69, 9.17) is 0 Å². The summed E-state index contributed by atoms with van der Waals surface area (Å²) in [6.07, 6.45) is 1.88. The Morgan fingerprint density at radius 1 is 1.30 bits per heavy atom. The molecule has 1 saturated heterocycles. The third kappa shape index (κ3) is 1.96. The van der Waals surface area contributed by atoms with Gasteiger partial charge in [0.25, 0.3) is 0 Å². The third-order valence-corrected chi connectivity index (χ3v) is 5.71. The molecule has 0 saturated carbocycles. The van der Waals surface area contributed by atoms with Gasteiger partial charge >= 0.3 is 5.97 Å². The first-order valence-electron chi connectivity index (χ1n) is 6.29. The van der Waals surface area contributed by atoms with Gasteiger partial charge in [-0.25, -0.2) is 13.2 Å². The summed E-state index contributed by atoms with van der Waals surface area (Å²) in [5.41, 5.74) is 0.323. The molecule has 0 amide bonds. The molecule has 0 bridgehead atoms. The SMILES string of the molecule is O=C(O)c1cccc2nnc(C3CCCCS3(=O)=O)n12. The van der Waals surface area contributed by atoms with Crippen LogP contribution in [-0.2, 0) is 9.84 Å². The van der Waals surface area contributed by atoms with Gasteiger partial charge in [0.15, 0.2) is 21.3 Å². The van der Waals surface area contributed by atoms with Gasteiger partial charge in [0.05, 0.1) is 5.75 Å².